The predicted molar refractivity (Wildman–Crippen MR) is 97.3 cm³/mol. The predicted octanol–water partition coefficient (Wildman–Crippen LogP) is 7.02. The molecule has 0 saturated heterocycles. The first kappa shape index (κ1) is 19.3. The normalized spacial score (nSPS) is 29.8. The third kappa shape index (κ3) is 4.83. The lowest BCUT2D eigenvalue weighted by molar-refractivity contribution is 0.154. The van der Waals surface area contributed by atoms with Gasteiger partial charge in [-0.2, -0.15) is 0 Å². The van der Waals surface area contributed by atoms with E-state index in [0.717, 1.165) is 42.7 Å². The number of hydrogen-bond acceptors (Lipinski definition) is 1. The summed E-state index contributed by atoms with van der Waals surface area (Å²) >= 11 is 0. The van der Waals surface area contributed by atoms with Crippen molar-refractivity contribution in [3.8, 4) is 5.75 Å². The maximum atomic E-state index is 13.2. The zero-order valence-corrected chi connectivity index (χ0v) is 15.5. The first-order chi connectivity index (χ1) is 12.6. The van der Waals surface area contributed by atoms with Crippen LogP contribution in [0.25, 0.3) is 0 Å². The molecule has 1 nitrogen and oxygen atoms in total. The molecule has 0 unspecified atom stereocenters. The van der Waals surface area contributed by atoms with Crippen LogP contribution in [0.3, 0.4) is 0 Å². The first-order valence-corrected chi connectivity index (χ1v) is 10.0. The van der Waals surface area contributed by atoms with Crippen LogP contribution >= 0.6 is 0 Å². The molecule has 144 valence electrons. The van der Waals surface area contributed by atoms with Gasteiger partial charge in [0.15, 0.2) is 17.5 Å². The molecule has 0 amide bonds. The maximum Gasteiger partial charge on any atom is 0.194 e. The molecule has 2 saturated carbocycles. The summed E-state index contributed by atoms with van der Waals surface area (Å²) in [5.41, 5.74) is 0. The molecule has 0 N–H and O–H groups in total. The van der Waals surface area contributed by atoms with Gasteiger partial charge in [0.25, 0.3) is 0 Å². The van der Waals surface area contributed by atoms with Gasteiger partial charge in [-0.15, -0.1) is 0 Å². The highest BCUT2D eigenvalue weighted by Gasteiger charge is 2.29. The summed E-state index contributed by atoms with van der Waals surface area (Å²) in [7, 11) is 0. The summed E-state index contributed by atoms with van der Waals surface area (Å²) in [6.45, 7) is 2.30. The zero-order valence-electron chi connectivity index (χ0n) is 15.5. The van der Waals surface area contributed by atoms with Gasteiger partial charge in [0.2, 0.25) is 0 Å². The van der Waals surface area contributed by atoms with Crippen LogP contribution < -0.4 is 4.74 Å². The summed E-state index contributed by atoms with van der Waals surface area (Å²) in [5.74, 6) is -0.773. The Morgan fingerprint density at radius 3 is 1.96 bits per heavy atom. The topological polar surface area (TPSA) is 9.23 Å². The maximum absolute atomic E-state index is 13.2. The number of allylic oxidation sites excluding steroid dienone is 1. The SMILES string of the molecule is CCC1CCC(C2CCC(C=COc3cc(F)c(F)c(F)c3)CC2)CC1. The van der Waals surface area contributed by atoms with Crippen LogP contribution in [0.15, 0.2) is 24.5 Å². The van der Waals surface area contributed by atoms with E-state index in [4.69, 9.17) is 4.74 Å². The fraction of sp³-hybridized carbons (Fsp3) is 0.636. The molecule has 0 aromatic heterocycles. The standard InChI is InChI=1S/C22H29F3O/c1-2-15-3-7-17(8-4-15)18-9-5-16(6-10-18)11-12-26-19-13-20(23)22(25)21(24)14-19/h11-18H,2-10H2,1H3. The second kappa shape index (κ2) is 8.96. The lowest BCUT2D eigenvalue weighted by Gasteiger charge is -2.37. The van der Waals surface area contributed by atoms with Crippen molar-refractivity contribution in [3.05, 3.63) is 41.9 Å². The monoisotopic (exact) mass is 366 g/mol. The van der Waals surface area contributed by atoms with Gasteiger partial charge >= 0.3 is 0 Å². The summed E-state index contributed by atoms with van der Waals surface area (Å²) in [6, 6.07) is 1.73. The van der Waals surface area contributed by atoms with Crippen molar-refractivity contribution in [2.75, 3.05) is 0 Å². The molecular formula is C22H29F3O. The van der Waals surface area contributed by atoms with E-state index < -0.39 is 17.5 Å². The van der Waals surface area contributed by atoms with Crippen molar-refractivity contribution < 1.29 is 17.9 Å². The number of benzene rings is 1. The number of hydrogen-bond donors (Lipinski definition) is 0. The molecule has 0 spiro atoms. The highest BCUT2D eigenvalue weighted by atomic mass is 19.2. The molecule has 0 radical (unpaired) electrons. The molecule has 0 heterocycles. The van der Waals surface area contributed by atoms with Crippen molar-refractivity contribution in [3.63, 3.8) is 0 Å². The van der Waals surface area contributed by atoms with Gasteiger partial charge < -0.3 is 4.74 Å². The summed E-state index contributed by atoms with van der Waals surface area (Å²) in [6.07, 6.45) is 15.2. The molecule has 2 aliphatic carbocycles. The zero-order chi connectivity index (χ0) is 18.5. The van der Waals surface area contributed by atoms with E-state index in [1.54, 1.807) is 0 Å². The summed E-state index contributed by atoms with van der Waals surface area (Å²) in [5, 5.41) is 0. The second-order valence-electron chi connectivity index (χ2n) is 8.01. The molecule has 1 aromatic carbocycles. The van der Waals surface area contributed by atoms with Gasteiger partial charge in [-0.25, -0.2) is 13.2 Å². The van der Waals surface area contributed by atoms with Crippen molar-refractivity contribution >= 4 is 0 Å². The fourth-order valence-electron chi connectivity index (χ4n) is 4.71. The van der Waals surface area contributed by atoms with Crippen molar-refractivity contribution in [1.29, 1.82) is 0 Å². The molecule has 3 rings (SSSR count). The average Bonchev–Trinajstić information content (AvgIpc) is 2.67. The Morgan fingerprint density at radius 2 is 1.42 bits per heavy atom. The second-order valence-corrected chi connectivity index (χ2v) is 8.01. The minimum Gasteiger partial charge on any atom is -0.465 e. The Balaban J connectivity index is 1.43. The van der Waals surface area contributed by atoms with Crippen LogP contribution in [0.1, 0.15) is 64.7 Å². The molecule has 26 heavy (non-hydrogen) atoms. The largest absolute Gasteiger partial charge is 0.465 e. The highest BCUT2D eigenvalue weighted by molar-refractivity contribution is 5.25. The smallest absolute Gasteiger partial charge is 0.194 e. The average molecular weight is 366 g/mol. The van der Waals surface area contributed by atoms with Crippen LogP contribution in [-0.2, 0) is 0 Å². The molecule has 2 fully saturated rings. The Hall–Kier alpha value is -1.45. The van der Waals surface area contributed by atoms with Crippen LogP contribution in [0, 0.1) is 41.1 Å². The molecule has 0 aliphatic heterocycles. The lowest BCUT2D eigenvalue weighted by Crippen LogP contribution is -2.25. The molecule has 1 aromatic rings. The molecular weight excluding hydrogens is 337 g/mol. The van der Waals surface area contributed by atoms with E-state index in [9.17, 15) is 13.2 Å². The fourth-order valence-corrected chi connectivity index (χ4v) is 4.71. The molecule has 0 bridgehead atoms. The van der Waals surface area contributed by atoms with E-state index >= 15 is 0 Å². The molecule has 0 atom stereocenters. The van der Waals surface area contributed by atoms with E-state index in [1.165, 1.54) is 51.2 Å². The Morgan fingerprint density at radius 1 is 0.885 bits per heavy atom. The number of ether oxygens (including phenoxy) is 1. The summed E-state index contributed by atoms with van der Waals surface area (Å²) < 4.78 is 44.5. The van der Waals surface area contributed by atoms with Crippen molar-refractivity contribution in [2.45, 2.75) is 64.7 Å². The van der Waals surface area contributed by atoms with Crippen LogP contribution in [0.5, 0.6) is 5.75 Å². The van der Waals surface area contributed by atoms with Crippen LogP contribution in [0.2, 0.25) is 0 Å². The van der Waals surface area contributed by atoms with E-state index in [-0.39, 0.29) is 5.75 Å². The van der Waals surface area contributed by atoms with Crippen LogP contribution in [-0.4, -0.2) is 0 Å². The number of halogens is 3. The Bertz CT molecular complexity index is 589. The minimum absolute atomic E-state index is 0.0148. The summed E-state index contributed by atoms with van der Waals surface area (Å²) in [4.78, 5) is 0. The third-order valence-corrected chi connectivity index (χ3v) is 6.46. The van der Waals surface area contributed by atoms with Gasteiger partial charge in [0.05, 0.1) is 6.26 Å². The Labute approximate surface area is 154 Å². The molecule has 2 aliphatic rings. The van der Waals surface area contributed by atoms with Gasteiger partial charge in [-0.05, 0) is 68.3 Å². The van der Waals surface area contributed by atoms with Crippen molar-refractivity contribution in [1.82, 2.24) is 0 Å². The molecule has 4 heteroatoms. The quantitative estimate of drug-likeness (QED) is 0.402. The minimum atomic E-state index is -1.47. The number of rotatable bonds is 5. The lowest BCUT2D eigenvalue weighted by atomic mass is 9.69. The van der Waals surface area contributed by atoms with Gasteiger partial charge in [-0.1, -0.05) is 26.2 Å². The Kier molecular flexibility index (Phi) is 6.66. The van der Waals surface area contributed by atoms with Gasteiger partial charge in [-0.3, -0.25) is 0 Å². The van der Waals surface area contributed by atoms with E-state index in [0.29, 0.717) is 5.92 Å². The van der Waals surface area contributed by atoms with Crippen molar-refractivity contribution in [2.24, 2.45) is 23.7 Å². The van der Waals surface area contributed by atoms with Crippen LogP contribution in [0.4, 0.5) is 13.2 Å². The first-order valence-electron chi connectivity index (χ1n) is 10.0. The third-order valence-electron chi connectivity index (χ3n) is 6.46. The highest BCUT2D eigenvalue weighted by Crippen LogP contribution is 2.42. The van der Waals surface area contributed by atoms with Gasteiger partial charge in [0, 0.05) is 12.1 Å². The van der Waals surface area contributed by atoms with E-state index in [1.807, 2.05) is 6.08 Å². The van der Waals surface area contributed by atoms with E-state index in [2.05, 4.69) is 6.92 Å². The van der Waals surface area contributed by atoms with Gasteiger partial charge in [0.1, 0.15) is 5.75 Å².